The molecule has 0 saturated heterocycles. The number of anilines is 2. The zero-order valence-electron chi connectivity index (χ0n) is 14.1. The Hall–Kier alpha value is -1.52. The van der Waals surface area contributed by atoms with E-state index in [1.165, 1.54) is 0 Å². The SMILES string of the molecule is CCOC(=O)c1sc(Nc2nc(Cl)c(CCC(O)CO)c(Cl)n2)nc1C. The fraction of sp³-hybridized carbons (Fsp3) is 0.467. The summed E-state index contributed by atoms with van der Waals surface area (Å²) < 4.78 is 4.97. The quantitative estimate of drug-likeness (QED) is 0.440. The third-order valence-electron chi connectivity index (χ3n) is 3.32. The summed E-state index contributed by atoms with van der Waals surface area (Å²) in [5.41, 5.74) is 1.01. The Morgan fingerprint density at radius 2 is 1.96 bits per heavy atom. The van der Waals surface area contributed by atoms with Crippen LogP contribution in [0.4, 0.5) is 11.1 Å². The molecule has 0 aliphatic carbocycles. The standard InChI is InChI=1S/C15H18Cl2N4O4S/c1-3-25-13(24)10-7(2)18-15(26-10)21-14-19-11(16)9(12(17)20-14)5-4-8(23)6-22/h8,22-23H,3-6H2,1-2H3,(H,18,19,20,21). The number of ether oxygens (including phenoxy) is 1. The van der Waals surface area contributed by atoms with Crippen molar-refractivity contribution in [1.82, 2.24) is 15.0 Å². The van der Waals surface area contributed by atoms with Crippen LogP contribution < -0.4 is 5.32 Å². The zero-order valence-corrected chi connectivity index (χ0v) is 16.5. The van der Waals surface area contributed by atoms with Crippen LogP contribution in [0.2, 0.25) is 10.3 Å². The highest BCUT2D eigenvalue weighted by atomic mass is 35.5. The van der Waals surface area contributed by atoms with Gasteiger partial charge in [0.05, 0.1) is 25.0 Å². The summed E-state index contributed by atoms with van der Waals surface area (Å²) in [5.74, 6) is -0.305. The van der Waals surface area contributed by atoms with Gasteiger partial charge in [-0.2, -0.15) is 0 Å². The van der Waals surface area contributed by atoms with Gasteiger partial charge in [-0.25, -0.2) is 19.7 Å². The van der Waals surface area contributed by atoms with Crippen molar-refractivity contribution in [3.05, 3.63) is 26.4 Å². The summed E-state index contributed by atoms with van der Waals surface area (Å²) >= 11 is 13.4. The number of nitrogens with one attached hydrogen (secondary N) is 1. The van der Waals surface area contributed by atoms with Crippen molar-refractivity contribution < 1.29 is 19.7 Å². The number of aliphatic hydroxyl groups is 2. The summed E-state index contributed by atoms with van der Waals surface area (Å²) in [5, 5.41) is 21.8. The molecular weight excluding hydrogens is 403 g/mol. The molecular formula is C15H18Cl2N4O4S. The van der Waals surface area contributed by atoms with Crippen LogP contribution in [0.25, 0.3) is 0 Å². The van der Waals surface area contributed by atoms with E-state index in [2.05, 4.69) is 20.3 Å². The molecule has 2 aromatic heterocycles. The third-order valence-corrected chi connectivity index (χ3v) is 5.00. The first kappa shape index (κ1) is 20.8. The van der Waals surface area contributed by atoms with Crippen molar-refractivity contribution in [1.29, 1.82) is 0 Å². The van der Waals surface area contributed by atoms with Crippen LogP contribution in [-0.2, 0) is 11.2 Å². The lowest BCUT2D eigenvalue weighted by atomic mass is 10.1. The average Bonchev–Trinajstić information content (AvgIpc) is 2.94. The Morgan fingerprint density at radius 1 is 1.31 bits per heavy atom. The molecule has 0 bridgehead atoms. The summed E-state index contributed by atoms with van der Waals surface area (Å²) in [6.45, 7) is 3.36. The minimum absolute atomic E-state index is 0.135. The number of thiazole rings is 1. The Kier molecular flexibility index (Phi) is 7.54. The minimum atomic E-state index is -0.862. The predicted octanol–water partition coefficient (Wildman–Crippen LogP) is 2.75. The van der Waals surface area contributed by atoms with E-state index >= 15 is 0 Å². The van der Waals surface area contributed by atoms with Crippen LogP contribution in [0.3, 0.4) is 0 Å². The molecule has 0 radical (unpaired) electrons. The maximum absolute atomic E-state index is 11.8. The van der Waals surface area contributed by atoms with E-state index in [1.54, 1.807) is 13.8 Å². The van der Waals surface area contributed by atoms with E-state index in [0.717, 1.165) is 11.3 Å². The molecule has 26 heavy (non-hydrogen) atoms. The van der Waals surface area contributed by atoms with Gasteiger partial charge in [0.2, 0.25) is 5.95 Å². The fourth-order valence-electron chi connectivity index (χ4n) is 2.03. The van der Waals surface area contributed by atoms with E-state index in [-0.39, 0.29) is 35.9 Å². The molecule has 0 aliphatic rings. The van der Waals surface area contributed by atoms with Gasteiger partial charge in [-0.15, -0.1) is 0 Å². The largest absolute Gasteiger partial charge is 0.462 e. The summed E-state index contributed by atoms with van der Waals surface area (Å²) in [6, 6.07) is 0. The van der Waals surface area contributed by atoms with Crippen LogP contribution in [0.15, 0.2) is 0 Å². The van der Waals surface area contributed by atoms with E-state index < -0.39 is 12.1 Å². The molecule has 0 spiro atoms. The summed E-state index contributed by atoms with van der Waals surface area (Å²) in [6.07, 6.45) is -0.261. The van der Waals surface area contributed by atoms with Crippen LogP contribution in [-0.4, -0.2) is 50.5 Å². The highest BCUT2D eigenvalue weighted by Crippen LogP contribution is 2.29. The van der Waals surface area contributed by atoms with Crippen LogP contribution in [0.5, 0.6) is 0 Å². The van der Waals surface area contributed by atoms with Crippen molar-refractivity contribution in [2.45, 2.75) is 32.8 Å². The van der Waals surface area contributed by atoms with Crippen molar-refractivity contribution >= 4 is 51.6 Å². The topological polar surface area (TPSA) is 117 Å². The number of carbonyl (C=O) groups excluding carboxylic acids is 1. The van der Waals surface area contributed by atoms with Gasteiger partial charge in [0.15, 0.2) is 5.13 Å². The molecule has 2 aromatic rings. The first-order valence-corrected chi connectivity index (χ1v) is 9.35. The Morgan fingerprint density at radius 3 is 2.54 bits per heavy atom. The second-order valence-electron chi connectivity index (χ2n) is 5.26. The maximum atomic E-state index is 11.8. The van der Waals surface area contributed by atoms with Crippen molar-refractivity contribution in [3.8, 4) is 0 Å². The number of nitrogens with zero attached hydrogens (tertiary/aromatic N) is 3. The second kappa shape index (κ2) is 9.43. The van der Waals surface area contributed by atoms with E-state index in [0.29, 0.717) is 27.7 Å². The molecule has 3 N–H and O–H groups in total. The van der Waals surface area contributed by atoms with Gasteiger partial charge < -0.3 is 14.9 Å². The zero-order chi connectivity index (χ0) is 19.3. The number of esters is 1. The highest BCUT2D eigenvalue weighted by Gasteiger charge is 2.18. The molecule has 1 unspecified atom stereocenters. The first-order chi connectivity index (χ1) is 12.3. The molecule has 2 heterocycles. The Balaban J connectivity index is 2.15. The van der Waals surface area contributed by atoms with Gasteiger partial charge in [-0.3, -0.25) is 5.32 Å². The lowest BCUT2D eigenvalue weighted by molar-refractivity contribution is 0.0531. The number of aryl methyl sites for hydroxylation is 1. The highest BCUT2D eigenvalue weighted by molar-refractivity contribution is 7.17. The lowest BCUT2D eigenvalue weighted by Gasteiger charge is -2.10. The molecule has 0 amide bonds. The number of hydrogen-bond acceptors (Lipinski definition) is 9. The van der Waals surface area contributed by atoms with Crippen LogP contribution in [0, 0.1) is 6.92 Å². The Bertz CT molecular complexity index is 764. The van der Waals surface area contributed by atoms with Gasteiger partial charge in [0, 0.05) is 5.56 Å². The average molecular weight is 421 g/mol. The number of hydrogen-bond donors (Lipinski definition) is 3. The van der Waals surface area contributed by atoms with Crippen LogP contribution >= 0.6 is 34.5 Å². The van der Waals surface area contributed by atoms with E-state index in [1.807, 2.05) is 0 Å². The van der Waals surface area contributed by atoms with E-state index in [9.17, 15) is 9.90 Å². The van der Waals surface area contributed by atoms with Crippen molar-refractivity contribution in [2.75, 3.05) is 18.5 Å². The van der Waals surface area contributed by atoms with Crippen molar-refractivity contribution in [2.24, 2.45) is 0 Å². The lowest BCUT2D eigenvalue weighted by Crippen LogP contribution is -2.13. The van der Waals surface area contributed by atoms with Gasteiger partial charge in [0.1, 0.15) is 15.2 Å². The molecule has 0 saturated carbocycles. The normalized spacial score (nSPS) is 12.1. The molecule has 2 rings (SSSR count). The third kappa shape index (κ3) is 5.24. The molecule has 1 atom stereocenters. The molecule has 142 valence electrons. The van der Waals surface area contributed by atoms with Gasteiger partial charge in [-0.1, -0.05) is 34.5 Å². The number of carbonyl (C=O) groups is 1. The Labute approximate surface area is 164 Å². The second-order valence-corrected chi connectivity index (χ2v) is 6.98. The van der Waals surface area contributed by atoms with Gasteiger partial charge >= 0.3 is 5.97 Å². The van der Waals surface area contributed by atoms with Crippen molar-refractivity contribution in [3.63, 3.8) is 0 Å². The van der Waals surface area contributed by atoms with Gasteiger partial charge in [0.25, 0.3) is 0 Å². The smallest absolute Gasteiger partial charge is 0.350 e. The molecule has 0 aliphatic heterocycles. The predicted molar refractivity (Wildman–Crippen MR) is 99.6 cm³/mol. The summed E-state index contributed by atoms with van der Waals surface area (Å²) in [7, 11) is 0. The molecule has 8 nitrogen and oxygen atoms in total. The van der Waals surface area contributed by atoms with E-state index in [4.69, 9.17) is 33.0 Å². The minimum Gasteiger partial charge on any atom is -0.462 e. The van der Waals surface area contributed by atoms with Gasteiger partial charge in [-0.05, 0) is 26.7 Å². The van der Waals surface area contributed by atoms with Crippen LogP contribution in [0.1, 0.15) is 34.3 Å². The molecule has 0 fully saturated rings. The first-order valence-electron chi connectivity index (χ1n) is 7.78. The summed E-state index contributed by atoms with van der Waals surface area (Å²) in [4.78, 5) is 24.7. The molecule has 11 heteroatoms. The number of rotatable bonds is 8. The number of aliphatic hydroxyl groups excluding tert-OH is 2. The number of aromatic nitrogens is 3. The fourth-order valence-corrected chi connectivity index (χ4v) is 3.46. The molecule has 0 aromatic carbocycles. The maximum Gasteiger partial charge on any atom is 0.350 e. The number of halogens is 2. The monoisotopic (exact) mass is 420 g/mol.